The predicted molar refractivity (Wildman–Crippen MR) is 82.2 cm³/mol. The number of carbonyl (C=O) groups excluding carboxylic acids is 1. The largest absolute Gasteiger partial charge is 0.481 e. The van der Waals surface area contributed by atoms with Crippen LogP contribution in [-0.2, 0) is 9.59 Å². The number of carboxylic acids is 1. The lowest BCUT2D eigenvalue weighted by molar-refractivity contribution is -0.139. The molecule has 0 spiro atoms. The summed E-state index contributed by atoms with van der Waals surface area (Å²) < 4.78 is 26.0. The van der Waals surface area contributed by atoms with Gasteiger partial charge in [0.25, 0.3) is 0 Å². The Morgan fingerprint density at radius 2 is 2.14 bits per heavy atom. The SMILES string of the molecule is O=C(O)CC1CSCCN1C(=O)CSc1ccc(F)c(F)c1. The molecule has 4 nitrogen and oxygen atoms in total. The number of rotatable bonds is 5. The predicted octanol–water partition coefficient (Wildman–Crippen LogP) is 2.48. The van der Waals surface area contributed by atoms with Gasteiger partial charge in [-0.1, -0.05) is 0 Å². The molecule has 1 aliphatic heterocycles. The Bertz CT molecular complexity index is 571. The average Bonchev–Trinajstić information content (AvgIpc) is 2.48. The number of aliphatic carboxylic acids is 1. The first-order chi connectivity index (χ1) is 10.5. The Morgan fingerprint density at radius 3 is 2.82 bits per heavy atom. The second kappa shape index (κ2) is 7.82. The highest BCUT2D eigenvalue weighted by Crippen LogP contribution is 2.24. The average molecular weight is 347 g/mol. The summed E-state index contributed by atoms with van der Waals surface area (Å²) in [6, 6.07) is 3.17. The van der Waals surface area contributed by atoms with Gasteiger partial charge < -0.3 is 10.0 Å². The van der Waals surface area contributed by atoms with Gasteiger partial charge in [0.15, 0.2) is 11.6 Å². The molecule has 1 aromatic carbocycles. The summed E-state index contributed by atoms with van der Waals surface area (Å²) in [4.78, 5) is 25.2. The summed E-state index contributed by atoms with van der Waals surface area (Å²) in [7, 11) is 0. The maximum Gasteiger partial charge on any atom is 0.305 e. The van der Waals surface area contributed by atoms with Gasteiger partial charge in [-0.05, 0) is 18.2 Å². The molecule has 0 aliphatic carbocycles. The molecule has 1 N–H and O–H groups in total. The highest BCUT2D eigenvalue weighted by molar-refractivity contribution is 8.00. The molecule has 0 bridgehead atoms. The van der Waals surface area contributed by atoms with E-state index in [1.165, 1.54) is 6.07 Å². The van der Waals surface area contributed by atoms with Crippen LogP contribution in [0.3, 0.4) is 0 Å². The summed E-state index contributed by atoms with van der Waals surface area (Å²) >= 11 is 2.74. The van der Waals surface area contributed by atoms with E-state index in [0.717, 1.165) is 29.6 Å². The van der Waals surface area contributed by atoms with Crippen molar-refractivity contribution in [3.8, 4) is 0 Å². The zero-order valence-electron chi connectivity index (χ0n) is 11.6. The molecule has 1 saturated heterocycles. The Balaban J connectivity index is 1.94. The van der Waals surface area contributed by atoms with Crippen molar-refractivity contribution in [1.82, 2.24) is 4.90 Å². The Morgan fingerprint density at radius 1 is 1.36 bits per heavy atom. The first-order valence-corrected chi connectivity index (χ1v) is 8.78. The van der Waals surface area contributed by atoms with Gasteiger partial charge >= 0.3 is 5.97 Å². The normalized spacial score (nSPS) is 18.3. The summed E-state index contributed by atoms with van der Waals surface area (Å²) in [5, 5.41) is 8.90. The van der Waals surface area contributed by atoms with Crippen LogP contribution in [0.1, 0.15) is 6.42 Å². The zero-order valence-corrected chi connectivity index (χ0v) is 13.3. The van der Waals surface area contributed by atoms with Crippen LogP contribution in [-0.4, -0.2) is 51.7 Å². The Kier molecular flexibility index (Phi) is 6.07. The molecule has 22 heavy (non-hydrogen) atoms. The molecule has 2 rings (SSSR count). The van der Waals surface area contributed by atoms with Crippen molar-refractivity contribution in [2.24, 2.45) is 0 Å². The van der Waals surface area contributed by atoms with Crippen LogP contribution in [0.15, 0.2) is 23.1 Å². The van der Waals surface area contributed by atoms with Crippen LogP contribution in [0, 0.1) is 11.6 Å². The van der Waals surface area contributed by atoms with Gasteiger partial charge in [-0.25, -0.2) is 8.78 Å². The molecule has 8 heteroatoms. The number of carboxylic acid groups (broad SMARTS) is 1. The van der Waals surface area contributed by atoms with Crippen molar-refractivity contribution < 1.29 is 23.5 Å². The van der Waals surface area contributed by atoms with E-state index in [0.29, 0.717) is 17.2 Å². The second-order valence-electron chi connectivity index (χ2n) is 4.78. The molecule has 1 heterocycles. The monoisotopic (exact) mass is 347 g/mol. The van der Waals surface area contributed by atoms with Gasteiger partial charge in [0, 0.05) is 22.9 Å². The fourth-order valence-electron chi connectivity index (χ4n) is 2.15. The minimum Gasteiger partial charge on any atom is -0.481 e. The molecule has 1 aromatic rings. The Labute approximate surface area is 135 Å². The fraction of sp³-hybridized carbons (Fsp3) is 0.429. The molecular weight excluding hydrogens is 332 g/mol. The van der Waals surface area contributed by atoms with E-state index in [4.69, 9.17) is 5.11 Å². The number of hydrogen-bond donors (Lipinski definition) is 1. The number of thioether (sulfide) groups is 2. The molecule has 120 valence electrons. The third kappa shape index (κ3) is 4.61. The standard InChI is InChI=1S/C14H15F2NO3S2/c15-11-2-1-10(6-12(11)16)22-8-13(18)17-3-4-21-7-9(17)5-14(19)20/h1-2,6,9H,3-5,7-8H2,(H,19,20). The van der Waals surface area contributed by atoms with Crippen molar-refractivity contribution in [3.63, 3.8) is 0 Å². The van der Waals surface area contributed by atoms with E-state index >= 15 is 0 Å². The van der Waals surface area contributed by atoms with Crippen LogP contribution < -0.4 is 0 Å². The van der Waals surface area contributed by atoms with Crippen molar-refractivity contribution in [2.75, 3.05) is 23.8 Å². The van der Waals surface area contributed by atoms with Crippen molar-refractivity contribution >= 4 is 35.4 Å². The molecule has 1 atom stereocenters. The zero-order chi connectivity index (χ0) is 16.1. The van der Waals surface area contributed by atoms with E-state index in [2.05, 4.69) is 0 Å². The summed E-state index contributed by atoms with van der Waals surface area (Å²) in [5.74, 6) is -1.53. The molecule has 1 amide bonds. The molecule has 1 unspecified atom stereocenters. The molecular formula is C14H15F2NO3S2. The summed E-state index contributed by atoms with van der Waals surface area (Å²) in [5.41, 5.74) is 0. The van der Waals surface area contributed by atoms with Gasteiger partial charge in [0.2, 0.25) is 5.91 Å². The van der Waals surface area contributed by atoms with E-state index in [-0.39, 0.29) is 24.1 Å². The quantitative estimate of drug-likeness (QED) is 0.830. The second-order valence-corrected chi connectivity index (χ2v) is 6.98. The van der Waals surface area contributed by atoms with Gasteiger partial charge in [-0.15, -0.1) is 11.8 Å². The van der Waals surface area contributed by atoms with Crippen molar-refractivity contribution in [1.29, 1.82) is 0 Å². The highest BCUT2D eigenvalue weighted by atomic mass is 32.2. The maximum atomic E-state index is 13.1. The molecule has 1 aliphatic rings. The molecule has 0 aromatic heterocycles. The van der Waals surface area contributed by atoms with E-state index < -0.39 is 17.6 Å². The smallest absolute Gasteiger partial charge is 0.305 e. The summed E-state index contributed by atoms with van der Waals surface area (Å²) in [6.45, 7) is 0.514. The number of nitrogens with zero attached hydrogens (tertiary/aromatic N) is 1. The summed E-state index contributed by atoms with van der Waals surface area (Å²) in [6.07, 6.45) is -0.0748. The third-order valence-corrected chi connectivity index (χ3v) is 5.28. The fourth-order valence-corrected chi connectivity index (χ4v) is 4.02. The van der Waals surface area contributed by atoms with E-state index in [1.807, 2.05) is 0 Å². The first-order valence-electron chi connectivity index (χ1n) is 6.64. The van der Waals surface area contributed by atoms with E-state index in [1.54, 1.807) is 16.7 Å². The number of benzene rings is 1. The number of halogens is 2. The number of hydrogen-bond acceptors (Lipinski definition) is 4. The topological polar surface area (TPSA) is 57.6 Å². The van der Waals surface area contributed by atoms with Crippen molar-refractivity contribution in [3.05, 3.63) is 29.8 Å². The lowest BCUT2D eigenvalue weighted by Crippen LogP contribution is -2.47. The van der Waals surface area contributed by atoms with Crippen LogP contribution in [0.4, 0.5) is 8.78 Å². The van der Waals surface area contributed by atoms with Gasteiger partial charge in [-0.2, -0.15) is 11.8 Å². The minimum absolute atomic E-state index is 0.0748. The molecule has 0 saturated carbocycles. The first kappa shape index (κ1) is 17.1. The Hall–Kier alpha value is -1.28. The molecule has 0 radical (unpaired) electrons. The van der Waals surface area contributed by atoms with Crippen LogP contribution >= 0.6 is 23.5 Å². The molecule has 1 fully saturated rings. The highest BCUT2D eigenvalue weighted by Gasteiger charge is 2.28. The lowest BCUT2D eigenvalue weighted by atomic mass is 10.2. The van der Waals surface area contributed by atoms with Crippen molar-refractivity contribution in [2.45, 2.75) is 17.4 Å². The van der Waals surface area contributed by atoms with Gasteiger partial charge in [-0.3, -0.25) is 9.59 Å². The van der Waals surface area contributed by atoms with Crippen LogP contribution in [0.2, 0.25) is 0 Å². The number of amides is 1. The maximum absolute atomic E-state index is 13.1. The van der Waals surface area contributed by atoms with Crippen LogP contribution in [0.5, 0.6) is 0 Å². The number of carbonyl (C=O) groups is 2. The van der Waals surface area contributed by atoms with Gasteiger partial charge in [0.1, 0.15) is 0 Å². The lowest BCUT2D eigenvalue weighted by Gasteiger charge is -2.34. The van der Waals surface area contributed by atoms with E-state index in [9.17, 15) is 18.4 Å². The minimum atomic E-state index is -0.949. The van der Waals surface area contributed by atoms with Crippen LogP contribution in [0.25, 0.3) is 0 Å². The van der Waals surface area contributed by atoms with Gasteiger partial charge in [0.05, 0.1) is 18.2 Å². The third-order valence-electron chi connectivity index (χ3n) is 3.21.